The zero-order valence-corrected chi connectivity index (χ0v) is 9.06. The highest BCUT2D eigenvalue weighted by Crippen LogP contribution is 2.25. The molecule has 0 saturated carbocycles. The van der Waals surface area contributed by atoms with Gasteiger partial charge in [0.05, 0.1) is 11.6 Å². The second kappa shape index (κ2) is 4.81. The first-order chi connectivity index (χ1) is 7.25. The molecular formula is C11H13ClFNO. The lowest BCUT2D eigenvalue weighted by Crippen LogP contribution is -2.15. The smallest absolute Gasteiger partial charge is 0.138 e. The fourth-order valence-corrected chi connectivity index (χ4v) is 1.88. The van der Waals surface area contributed by atoms with Crippen LogP contribution in [0.3, 0.4) is 0 Å². The highest BCUT2D eigenvalue weighted by atomic mass is 35.5. The molecule has 0 aromatic heterocycles. The van der Waals surface area contributed by atoms with Crippen molar-refractivity contribution < 1.29 is 9.13 Å². The fraction of sp³-hybridized carbons (Fsp3) is 0.455. The summed E-state index contributed by atoms with van der Waals surface area (Å²) in [7, 11) is 0. The van der Waals surface area contributed by atoms with Crippen LogP contribution in [0, 0.1) is 11.7 Å². The van der Waals surface area contributed by atoms with Crippen molar-refractivity contribution in [3.05, 3.63) is 29.0 Å². The molecule has 1 N–H and O–H groups in total. The summed E-state index contributed by atoms with van der Waals surface area (Å²) in [6.45, 7) is 2.67. The van der Waals surface area contributed by atoms with Gasteiger partial charge in [0, 0.05) is 12.5 Å². The highest BCUT2D eigenvalue weighted by Gasteiger charge is 2.15. The van der Waals surface area contributed by atoms with Gasteiger partial charge in [-0.05, 0) is 31.2 Å². The van der Waals surface area contributed by atoms with Gasteiger partial charge in [0.2, 0.25) is 0 Å². The van der Waals surface area contributed by atoms with E-state index in [1.54, 1.807) is 6.07 Å². The van der Waals surface area contributed by atoms with Crippen LogP contribution < -0.4 is 10.1 Å². The van der Waals surface area contributed by atoms with Crippen LogP contribution in [0.15, 0.2) is 18.2 Å². The third-order valence-electron chi connectivity index (χ3n) is 2.53. The molecule has 1 saturated heterocycles. The van der Waals surface area contributed by atoms with Gasteiger partial charge in [0.15, 0.2) is 0 Å². The van der Waals surface area contributed by atoms with E-state index in [-0.39, 0.29) is 5.82 Å². The Hall–Kier alpha value is -0.800. The van der Waals surface area contributed by atoms with E-state index in [4.69, 9.17) is 16.3 Å². The predicted molar refractivity (Wildman–Crippen MR) is 57.9 cm³/mol. The Morgan fingerprint density at radius 2 is 2.40 bits per heavy atom. The second-order valence-corrected chi connectivity index (χ2v) is 4.15. The molecule has 1 aromatic rings. The van der Waals surface area contributed by atoms with Gasteiger partial charge in [-0.25, -0.2) is 4.39 Å². The van der Waals surface area contributed by atoms with Crippen molar-refractivity contribution >= 4 is 11.6 Å². The zero-order valence-electron chi connectivity index (χ0n) is 8.30. The fourth-order valence-electron chi connectivity index (χ4n) is 1.66. The van der Waals surface area contributed by atoms with Gasteiger partial charge in [0.25, 0.3) is 0 Å². The van der Waals surface area contributed by atoms with Gasteiger partial charge in [-0.2, -0.15) is 0 Å². The van der Waals surface area contributed by atoms with E-state index in [0.29, 0.717) is 23.3 Å². The van der Waals surface area contributed by atoms with Crippen molar-refractivity contribution in [3.63, 3.8) is 0 Å². The Morgan fingerprint density at radius 1 is 1.53 bits per heavy atom. The van der Waals surface area contributed by atoms with Crippen molar-refractivity contribution in [1.29, 1.82) is 0 Å². The molecule has 0 spiro atoms. The number of rotatable bonds is 3. The highest BCUT2D eigenvalue weighted by molar-refractivity contribution is 6.32. The van der Waals surface area contributed by atoms with E-state index in [1.807, 2.05) is 0 Å². The van der Waals surface area contributed by atoms with Crippen LogP contribution in [0.5, 0.6) is 5.75 Å². The minimum atomic E-state index is -0.338. The molecule has 1 aliphatic heterocycles. The predicted octanol–water partition coefficient (Wildman–Crippen LogP) is 2.47. The van der Waals surface area contributed by atoms with Crippen LogP contribution in [0.2, 0.25) is 5.02 Å². The van der Waals surface area contributed by atoms with Crippen molar-refractivity contribution in [1.82, 2.24) is 5.32 Å². The van der Waals surface area contributed by atoms with E-state index in [9.17, 15) is 4.39 Å². The zero-order chi connectivity index (χ0) is 10.7. The van der Waals surface area contributed by atoms with Crippen LogP contribution in [0.25, 0.3) is 0 Å². The molecule has 0 amide bonds. The molecule has 4 heteroatoms. The van der Waals surface area contributed by atoms with Crippen LogP contribution in [0.4, 0.5) is 4.39 Å². The number of benzene rings is 1. The molecule has 82 valence electrons. The summed E-state index contributed by atoms with van der Waals surface area (Å²) in [5, 5.41) is 3.59. The Bertz CT molecular complexity index is 339. The van der Waals surface area contributed by atoms with Crippen LogP contribution >= 0.6 is 11.6 Å². The first kappa shape index (κ1) is 10.7. The van der Waals surface area contributed by atoms with E-state index >= 15 is 0 Å². The molecule has 2 nitrogen and oxygen atoms in total. The Kier molecular flexibility index (Phi) is 3.44. The lowest BCUT2D eigenvalue weighted by molar-refractivity contribution is 0.260. The van der Waals surface area contributed by atoms with E-state index in [1.165, 1.54) is 12.1 Å². The number of nitrogens with one attached hydrogen (secondary N) is 1. The maximum absolute atomic E-state index is 12.7. The van der Waals surface area contributed by atoms with Crippen LogP contribution in [-0.4, -0.2) is 19.7 Å². The summed E-state index contributed by atoms with van der Waals surface area (Å²) in [6, 6.07) is 4.19. The molecule has 15 heavy (non-hydrogen) atoms. The maximum Gasteiger partial charge on any atom is 0.138 e. The summed E-state index contributed by atoms with van der Waals surface area (Å²) in [6.07, 6.45) is 1.12. The Labute approximate surface area is 93.4 Å². The minimum Gasteiger partial charge on any atom is -0.492 e. The van der Waals surface area contributed by atoms with Crippen molar-refractivity contribution in [2.75, 3.05) is 19.7 Å². The Balaban J connectivity index is 1.92. The molecular weight excluding hydrogens is 217 g/mol. The van der Waals surface area contributed by atoms with Crippen molar-refractivity contribution in [3.8, 4) is 5.75 Å². The summed E-state index contributed by atoms with van der Waals surface area (Å²) in [4.78, 5) is 0. The molecule has 0 aliphatic carbocycles. The van der Waals surface area contributed by atoms with Gasteiger partial charge in [-0.15, -0.1) is 0 Å². The summed E-state index contributed by atoms with van der Waals surface area (Å²) in [5.74, 6) is 0.756. The van der Waals surface area contributed by atoms with Gasteiger partial charge >= 0.3 is 0 Å². The van der Waals surface area contributed by atoms with Crippen molar-refractivity contribution in [2.45, 2.75) is 6.42 Å². The van der Waals surface area contributed by atoms with Gasteiger partial charge in [0.1, 0.15) is 11.6 Å². The average molecular weight is 230 g/mol. The third-order valence-corrected chi connectivity index (χ3v) is 2.83. The molecule has 0 bridgehead atoms. The molecule has 1 heterocycles. The number of halogens is 2. The van der Waals surface area contributed by atoms with Gasteiger partial charge in [-0.3, -0.25) is 0 Å². The first-order valence-electron chi connectivity index (χ1n) is 5.04. The lowest BCUT2D eigenvalue weighted by Gasteiger charge is -2.11. The van der Waals surface area contributed by atoms with Crippen molar-refractivity contribution in [2.24, 2.45) is 5.92 Å². The third kappa shape index (κ3) is 2.83. The summed E-state index contributed by atoms with van der Waals surface area (Å²) >= 11 is 5.83. The molecule has 0 unspecified atom stereocenters. The lowest BCUT2D eigenvalue weighted by atomic mass is 10.1. The Morgan fingerprint density at radius 3 is 3.07 bits per heavy atom. The molecule has 0 radical (unpaired) electrons. The average Bonchev–Trinajstić information content (AvgIpc) is 2.69. The molecule has 1 aromatic carbocycles. The normalized spacial score (nSPS) is 20.5. The van der Waals surface area contributed by atoms with E-state index < -0.39 is 0 Å². The number of hydrogen-bond acceptors (Lipinski definition) is 2. The van der Waals surface area contributed by atoms with Gasteiger partial charge < -0.3 is 10.1 Å². The maximum atomic E-state index is 12.7. The molecule has 1 atom stereocenters. The molecule has 1 aliphatic rings. The molecule has 2 rings (SSSR count). The van der Waals surface area contributed by atoms with Crippen LogP contribution in [-0.2, 0) is 0 Å². The topological polar surface area (TPSA) is 21.3 Å². The number of ether oxygens (including phenoxy) is 1. The second-order valence-electron chi connectivity index (χ2n) is 3.74. The number of hydrogen-bond donors (Lipinski definition) is 1. The van der Waals surface area contributed by atoms with Crippen LogP contribution in [0.1, 0.15) is 6.42 Å². The SMILES string of the molecule is Fc1ccc(OC[C@H]2CCNC2)c(Cl)c1. The monoisotopic (exact) mass is 229 g/mol. The summed E-state index contributed by atoms with van der Waals surface area (Å²) < 4.78 is 18.3. The van der Waals surface area contributed by atoms with Gasteiger partial charge in [-0.1, -0.05) is 11.6 Å². The quantitative estimate of drug-likeness (QED) is 0.860. The van der Waals surface area contributed by atoms with E-state index in [2.05, 4.69) is 5.32 Å². The standard InChI is InChI=1S/C11H13ClFNO/c12-10-5-9(13)1-2-11(10)15-7-8-3-4-14-6-8/h1-2,5,8,14H,3-4,6-7H2/t8-/m0/s1. The largest absolute Gasteiger partial charge is 0.492 e. The van der Waals surface area contributed by atoms with E-state index in [0.717, 1.165) is 19.5 Å². The first-order valence-corrected chi connectivity index (χ1v) is 5.42. The molecule has 1 fully saturated rings. The summed E-state index contributed by atoms with van der Waals surface area (Å²) in [5.41, 5.74) is 0. The minimum absolute atomic E-state index is 0.334.